The summed E-state index contributed by atoms with van der Waals surface area (Å²) >= 11 is 0. The van der Waals surface area contributed by atoms with Crippen LogP contribution in [0.2, 0.25) is 0 Å². The van der Waals surface area contributed by atoms with Gasteiger partial charge in [-0.3, -0.25) is 10.1 Å². The number of nitrogen functional groups attached to an aromatic ring is 1. The second-order valence-corrected chi connectivity index (χ2v) is 3.27. The molecule has 0 spiro atoms. The van der Waals surface area contributed by atoms with Crippen molar-refractivity contribution in [3.05, 3.63) is 33.4 Å². The molecule has 17 heavy (non-hydrogen) atoms. The lowest BCUT2D eigenvalue weighted by Crippen LogP contribution is -2.07. The van der Waals surface area contributed by atoms with Crippen LogP contribution in [0, 0.1) is 15.5 Å². The quantitative estimate of drug-likeness (QED) is 0.366. The van der Waals surface area contributed by atoms with Crippen LogP contribution in [-0.4, -0.2) is 10.6 Å². The monoisotopic (exact) mass is 237 g/mol. The van der Waals surface area contributed by atoms with E-state index in [1.807, 2.05) is 20.8 Å². The van der Waals surface area contributed by atoms with Gasteiger partial charge in [-0.05, 0) is 18.9 Å². The molecule has 1 aromatic rings. The van der Waals surface area contributed by atoms with Gasteiger partial charge in [0.1, 0.15) is 5.69 Å². The highest BCUT2D eigenvalue weighted by molar-refractivity contribution is 6.04. The van der Waals surface area contributed by atoms with Crippen LogP contribution in [0.25, 0.3) is 0 Å². The first-order chi connectivity index (χ1) is 7.99. The molecule has 5 heteroatoms. The van der Waals surface area contributed by atoms with Crippen molar-refractivity contribution in [1.82, 2.24) is 0 Å². The van der Waals surface area contributed by atoms with Gasteiger partial charge in [-0.25, -0.2) is 0 Å². The third kappa shape index (κ3) is 3.27. The summed E-state index contributed by atoms with van der Waals surface area (Å²) in [4.78, 5) is 10.1. The predicted octanol–water partition coefficient (Wildman–Crippen LogP) is 3.15. The van der Waals surface area contributed by atoms with E-state index in [2.05, 4.69) is 0 Å². The van der Waals surface area contributed by atoms with E-state index in [0.29, 0.717) is 12.0 Å². The first-order valence-corrected chi connectivity index (χ1v) is 5.60. The lowest BCUT2D eigenvalue weighted by atomic mass is 9.99. The highest BCUT2D eigenvalue weighted by Crippen LogP contribution is 2.28. The molecule has 0 aliphatic heterocycles. The SMILES string of the molecule is CC.CCc1ccc([N+](=O)[O-])c(N)c1C(C)=N. The Morgan fingerprint density at radius 2 is 2.00 bits per heavy atom. The number of anilines is 1. The van der Waals surface area contributed by atoms with Gasteiger partial charge in [0.05, 0.1) is 4.92 Å². The molecule has 0 saturated carbocycles. The Hall–Kier alpha value is -1.91. The summed E-state index contributed by atoms with van der Waals surface area (Å²) in [6, 6.07) is 3.04. The van der Waals surface area contributed by atoms with E-state index in [0.717, 1.165) is 5.56 Å². The molecule has 3 N–H and O–H groups in total. The molecule has 0 radical (unpaired) electrons. The fourth-order valence-corrected chi connectivity index (χ4v) is 1.55. The lowest BCUT2D eigenvalue weighted by Gasteiger charge is -2.09. The van der Waals surface area contributed by atoms with Crippen molar-refractivity contribution < 1.29 is 4.92 Å². The fourth-order valence-electron chi connectivity index (χ4n) is 1.55. The lowest BCUT2D eigenvalue weighted by molar-refractivity contribution is -0.383. The summed E-state index contributed by atoms with van der Waals surface area (Å²) in [7, 11) is 0. The molecule has 0 aliphatic carbocycles. The molecule has 0 aliphatic rings. The highest BCUT2D eigenvalue weighted by atomic mass is 16.6. The van der Waals surface area contributed by atoms with E-state index in [9.17, 15) is 10.1 Å². The van der Waals surface area contributed by atoms with Gasteiger partial charge in [-0.1, -0.05) is 26.8 Å². The summed E-state index contributed by atoms with van der Waals surface area (Å²) in [6.07, 6.45) is 0.702. The van der Waals surface area contributed by atoms with Gasteiger partial charge >= 0.3 is 0 Å². The van der Waals surface area contributed by atoms with Gasteiger partial charge in [0, 0.05) is 17.3 Å². The van der Waals surface area contributed by atoms with E-state index in [1.54, 1.807) is 13.0 Å². The van der Waals surface area contributed by atoms with Gasteiger partial charge in [-0.15, -0.1) is 0 Å². The van der Waals surface area contributed by atoms with Gasteiger partial charge in [0.2, 0.25) is 0 Å². The predicted molar refractivity (Wildman–Crippen MR) is 70.7 cm³/mol. The maximum absolute atomic E-state index is 10.7. The zero-order chi connectivity index (χ0) is 13.6. The zero-order valence-electron chi connectivity index (χ0n) is 10.7. The minimum absolute atomic E-state index is 0.0897. The molecule has 1 aromatic carbocycles. The number of nitrogens with one attached hydrogen (secondary N) is 1. The molecule has 94 valence electrons. The van der Waals surface area contributed by atoms with Gasteiger partial charge in [-0.2, -0.15) is 0 Å². The molecule has 0 fully saturated rings. The number of nitrogens with zero attached hydrogens (tertiary/aromatic N) is 1. The number of rotatable bonds is 3. The first kappa shape index (κ1) is 15.1. The molecule has 0 saturated heterocycles. The Morgan fingerprint density at radius 1 is 1.47 bits per heavy atom. The number of hydrogen-bond donors (Lipinski definition) is 2. The van der Waals surface area contributed by atoms with E-state index < -0.39 is 4.92 Å². The molecule has 5 nitrogen and oxygen atoms in total. The molecule has 1 rings (SSSR count). The van der Waals surface area contributed by atoms with Gasteiger partial charge < -0.3 is 11.1 Å². The zero-order valence-corrected chi connectivity index (χ0v) is 10.7. The average Bonchev–Trinajstić information content (AvgIpc) is 2.30. The fraction of sp³-hybridized carbons (Fsp3) is 0.417. The van der Waals surface area contributed by atoms with Crippen LogP contribution >= 0.6 is 0 Å². The van der Waals surface area contributed by atoms with Crippen molar-refractivity contribution in [2.24, 2.45) is 0 Å². The normalized spacial score (nSPS) is 9.18. The average molecular weight is 237 g/mol. The number of benzene rings is 1. The van der Waals surface area contributed by atoms with Crippen LogP contribution in [-0.2, 0) is 6.42 Å². The molecule has 0 aromatic heterocycles. The summed E-state index contributed by atoms with van der Waals surface area (Å²) in [6.45, 7) is 7.50. The number of nitro groups is 1. The second-order valence-electron chi connectivity index (χ2n) is 3.27. The third-order valence-electron chi connectivity index (χ3n) is 2.26. The largest absolute Gasteiger partial charge is 0.393 e. The number of nitro benzene ring substituents is 1. The molecule has 0 amide bonds. The Bertz CT molecular complexity index is 428. The van der Waals surface area contributed by atoms with Crippen LogP contribution in [0.3, 0.4) is 0 Å². The number of hydrogen-bond acceptors (Lipinski definition) is 4. The minimum atomic E-state index is -0.527. The van der Waals surface area contributed by atoms with Crippen molar-refractivity contribution in [2.45, 2.75) is 34.1 Å². The summed E-state index contributed by atoms with van der Waals surface area (Å²) in [5, 5.41) is 18.2. The molecular formula is C12H19N3O2. The Balaban J connectivity index is 0.00000121. The molecule has 0 atom stereocenters. The van der Waals surface area contributed by atoms with E-state index in [4.69, 9.17) is 11.1 Å². The first-order valence-electron chi connectivity index (χ1n) is 5.60. The van der Waals surface area contributed by atoms with Gasteiger partial charge in [0.15, 0.2) is 0 Å². The molecule has 0 bridgehead atoms. The van der Waals surface area contributed by atoms with Crippen molar-refractivity contribution in [1.29, 1.82) is 5.41 Å². The second kappa shape index (κ2) is 6.62. The minimum Gasteiger partial charge on any atom is -0.393 e. The van der Waals surface area contributed by atoms with Crippen molar-refractivity contribution in [3.8, 4) is 0 Å². The Kier molecular flexibility index (Phi) is 5.88. The standard InChI is InChI=1S/C10H13N3O2.C2H6/c1-3-7-4-5-8(13(14)15)10(12)9(7)6(2)11;1-2/h4-5,11H,3,12H2,1-2H3;1-2H3. The summed E-state index contributed by atoms with van der Waals surface area (Å²) < 4.78 is 0. The summed E-state index contributed by atoms with van der Waals surface area (Å²) in [5.74, 6) is 0. The van der Waals surface area contributed by atoms with Crippen molar-refractivity contribution in [3.63, 3.8) is 0 Å². The van der Waals surface area contributed by atoms with Crippen LogP contribution in [0.1, 0.15) is 38.8 Å². The van der Waals surface area contributed by atoms with Crippen LogP contribution < -0.4 is 5.73 Å². The van der Waals surface area contributed by atoms with E-state index in [-0.39, 0.29) is 17.1 Å². The Labute approximate surface area is 101 Å². The number of aryl methyl sites for hydroxylation is 1. The highest BCUT2D eigenvalue weighted by Gasteiger charge is 2.18. The van der Waals surface area contributed by atoms with Crippen LogP contribution in [0.15, 0.2) is 12.1 Å². The maximum atomic E-state index is 10.7. The summed E-state index contributed by atoms with van der Waals surface area (Å²) in [5.41, 5.74) is 7.25. The third-order valence-corrected chi connectivity index (χ3v) is 2.26. The van der Waals surface area contributed by atoms with Crippen LogP contribution in [0.5, 0.6) is 0 Å². The number of nitrogens with two attached hydrogens (primary N) is 1. The molecule has 0 unspecified atom stereocenters. The Morgan fingerprint density at radius 3 is 2.35 bits per heavy atom. The van der Waals surface area contributed by atoms with Crippen LogP contribution in [0.4, 0.5) is 11.4 Å². The maximum Gasteiger partial charge on any atom is 0.292 e. The molecule has 0 heterocycles. The van der Waals surface area contributed by atoms with E-state index >= 15 is 0 Å². The van der Waals surface area contributed by atoms with E-state index in [1.165, 1.54) is 6.07 Å². The van der Waals surface area contributed by atoms with Gasteiger partial charge in [0.25, 0.3) is 5.69 Å². The topological polar surface area (TPSA) is 93.0 Å². The van der Waals surface area contributed by atoms with Crippen molar-refractivity contribution >= 4 is 17.1 Å². The van der Waals surface area contributed by atoms with Crippen molar-refractivity contribution in [2.75, 3.05) is 5.73 Å². The smallest absolute Gasteiger partial charge is 0.292 e. The molecular weight excluding hydrogens is 218 g/mol.